The van der Waals surface area contributed by atoms with E-state index in [9.17, 15) is 4.79 Å². The Kier molecular flexibility index (Phi) is 3.10. The SMILES string of the molecule is CN(C(N)=O)c1ccc(-c2ccccc2)cc1. The molecule has 0 saturated carbocycles. The second-order valence-electron chi connectivity index (χ2n) is 3.81. The molecule has 2 amide bonds. The maximum atomic E-state index is 11.0. The zero-order chi connectivity index (χ0) is 12.3. The lowest BCUT2D eigenvalue weighted by molar-refractivity contribution is 0.255. The molecule has 0 aliphatic carbocycles. The van der Waals surface area contributed by atoms with Crippen molar-refractivity contribution in [1.82, 2.24) is 0 Å². The Labute approximate surface area is 100 Å². The van der Waals surface area contributed by atoms with Crippen molar-refractivity contribution in [2.45, 2.75) is 0 Å². The first-order valence-electron chi connectivity index (χ1n) is 5.37. The number of primary amides is 1. The van der Waals surface area contributed by atoms with E-state index in [4.69, 9.17) is 5.73 Å². The van der Waals surface area contributed by atoms with E-state index < -0.39 is 6.03 Å². The molecule has 86 valence electrons. The molecule has 0 aliphatic rings. The van der Waals surface area contributed by atoms with Gasteiger partial charge in [0.15, 0.2) is 0 Å². The third-order valence-electron chi connectivity index (χ3n) is 2.69. The summed E-state index contributed by atoms with van der Waals surface area (Å²) in [6.45, 7) is 0. The number of urea groups is 1. The van der Waals surface area contributed by atoms with Gasteiger partial charge in [-0.25, -0.2) is 4.79 Å². The number of carbonyl (C=O) groups is 1. The number of rotatable bonds is 2. The molecule has 0 bridgehead atoms. The van der Waals surface area contributed by atoms with Crippen LogP contribution in [0.25, 0.3) is 11.1 Å². The number of hydrogen-bond acceptors (Lipinski definition) is 1. The van der Waals surface area contributed by atoms with Crippen LogP contribution in [0.3, 0.4) is 0 Å². The van der Waals surface area contributed by atoms with Crippen LogP contribution in [0.2, 0.25) is 0 Å². The van der Waals surface area contributed by atoms with Crippen molar-refractivity contribution in [2.75, 3.05) is 11.9 Å². The van der Waals surface area contributed by atoms with Crippen molar-refractivity contribution >= 4 is 11.7 Å². The van der Waals surface area contributed by atoms with E-state index >= 15 is 0 Å². The van der Waals surface area contributed by atoms with E-state index in [0.717, 1.165) is 16.8 Å². The minimum atomic E-state index is -0.461. The number of hydrogen-bond donors (Lipinski definition) is 1. The molecule has 2 rings (SSSR count). The van der Waals surface area contributed by atoms with Gasteiger partial charge < -0.3 is 5.73 Å². The van der Waals surface area contributed by atoms with Gasteiger partial charge in [-0.3, -0.25) is 4.90 Å². The Hall–Kier alpha value is -2.29. The standard InChI is InChI=1S/C14H14N2O/c1-16(14(15)17)13-9-7-12(8-10-13)11-5-3-2-4-6-11/h2-10H,1H3,(H2,15,17). The fourth-order valence-corrected chi connectivity index (χ4v) is 1.64. The molecule has 0 atom stereocenters. The zero-order valence-electron chi connectivity index (χ0n) is 9.63. The molecule has 2 aromatic rings. The van der Waals surface area contributed by atoms with Gasteiger partial charge in [0.1, 0.15) is 0 Å². The maximum absolute atomic E-state index is 11.0. The van der Waals surface area contributed by atoms with E-state index in [2.05, 4.69) is 0 Å². The smallest absolute Gasteiger partial charge is 0.318 e. The number of nitrogens with zero attached hydrogens (tertiary/aromatic N) is 1. The van der Waals surface area contributed by atoms with E-state index in [1.54, 1.807) is 7.05 Å². The summed E-state index contributed by atoms with van der Waals surface area (Å²) in [5, 5.41) is 0. The van der Waals surface area contributed by atoms with Gasteiger partial charge in [-0.1, -0.05) is 42.5 Å². The minimum absolute atomic E-state index is 0.461. The molecule has 0 unspecified atom stereocenters. The molecule has 0 saturated heterocycles. The van der Waals surface area contributed by atoms with E-state index in [0.29, 0.717) is 0 Å². The molecule has 3 heteroatoms. The molecule has 0 heterocycles. The van der Waals surface area contributed by atoms with Crippen LogP contribution in [0.4, 0.5) is 10.5 Å². The summed E-state index contributed by atoms with van der Waals surface area (Å²) in [5.74, 6) is 0. The van der Waals surface area contributed by atoms with E-state index in [-0.39, 0.29) is 0 Å². The molecule has 0 aromatic heterocycles. The van der Waals surface area contributed by atoms with Crippen molar-refractivity contribution in [2.24, 2.45) is 5.73 Å². The summed E-state index contributed by atoms with van der Waals surface area (Å²) < 4.78 is 0. The summed E-state index contributed by atoms with van der Waals surface area (Å²) in [6, 6.07) is 17.3. The summed E-state index contributed by atoms with van der Waals surface area (Å²) in [6.07, 6.45) is 0. The highest BCUT2D eigenvalue weighted by atomic mass is 16.2. The average molecular weight is 226 g/mol. The first-order valence-corrected chi connectivity index (χ1v) is 5.37. The van der Waals surface area contributed by atoms with Crippen LogP contribution < -0.4 is 10.6 Å². The molecule has 0 radical (unpaired) electrons. The molecular weight excluding hydrogens is 212 g/mol. The van der Waals surface area contributed by atoms with Crippen LogP contribution in [0.15, 0.2) is 54.6 Å². The van der Waals surface area contributed by atoms with Crippen LogP contribution in [0.1, 0.15) is 0 Å². The number of carbonyl (C=O) groups excluding carboxylic acids is 1. The largest absolute Gasteiger partial charge is 0.351 e. The molecule has 0 aliphatic heterocycles. The van der Waals surface area contributed by atoms with Crippen LogP contribution in [0, 0.1) is 0 Å². The van der Waals surface area contributed by atoms with E-state index in [1.807, 2.05) is 54.6 Å². The van der Waals surface area contributed by atoms with Crippen molar-refractivity contribution in [3.05, 3.63) is 54.6 Å². The van der Waals surface area contributed by atoms with Crippen LogP contribution in [0.5, 0.6) is 0 Å². The van der Waals surface area contributed by atoms with Gasteiger partial charge >= 0.3 is 6.03 Å². The predicted molar refractivity (Wildman–Crippen MR) is 69.9 cm³/mol. The first-order chi connectivity index (χ1) is 8.18. The number of amides is 2. The van der Waals surface area contributed by atoms with E-state index in [1.165, 1.54) is 4.90 Å². The monoisotopic (exact) mass is 226 g/mol. The fraction of sp³-hybridized carbons (Fsp3) is 0.0714. The van der Waals surface area contributed by atoms with Crippen molar-refractivity contribution in [1.29, 1.82) is 0 Å². The second-order valence-corrected chi connectivity index (χ2v) is 3.81. The topological polar surface area (TPSA) is 46.3 Å². The maximum Gasteiger partial charge on any atom is 0.318 e. The zero-order valence-corrected chi connectivity index (χ0v) is 9.63. The number of benzene rings is 2. The summed E-state index contributed by atoms with van der Waals surface area (Å²) in [7, 11) is 1.65. The molecule has 0 fully saturated rings. The highest BCUT2D eigenvalue weighted by Crippen LogP contribution is 2.22. The molecular formula is C14H14N2O. The number of nitrogens with two attached hydrogens (primary N) is 1. The Balaban J connectivity index is 2.28. The molecule has 17 heavy (non-hydrogen) atoms. The quantitative estimate of drug-likeness (QED) is 0.840. The highest BCUT2D eigenvalue weighted by molar-refractivity contribution is 5.90. The van der Waals surface area contributed by atoms with Gasteiger partial charge in [-0.15, -0.1) is 0 Å². The third-order valence-corrected chi connectivity index (χ3v) is 2.69. The molecule has 3 nitrogen and oxygen atoms in total. The fourth-order valence-electron chi connectivity index (χ4n) is 1.64. The van der Waals surface area contributed by atoms with Crippen molar-refractivity contribution < 1.29 is 4.79 Å². The predicted octanol–water partition coefficient (Wildman–Crippen LogP) is 2.87. The second kappa shape index (κ2) is 4.70. The van der Waals surface area contributed by atoms with Gasteiger partial charge in [0.05, 0.1) is 0 Å². The Bertz CT molecular complexity index is 506. The lowest BCUT2D eigenvalue weighted by atomic mass is 10.1. The van der Waals surface area contributed by atoms with Gasteiger partial charge in [0.25, 0.3) is 0 Å². The van der Waals surface area contributed by atoms with Gasteiger partial charge in [-0.05, 0) is 23.3 Å². The molecule has 0 spiro atoms. The summed E-state index contributed by atoms with van der Waals surface area (Å²) in [4.78, 5) is 12.4. The molecule has 2 N–H and O–H groups in total. The van der Waals surface area contributed by atoms with Crippen molar-refractivity contribution in [3.63, 3.8) is 0 Å². The first kappa shape index (κ1) is 11.2. The Morgan fingerprint density at radius 3 is 2.00 bits per heavy atom. The summed E-state index contributed by atoms with van der Waals surface area (Å²) >= 11 is 0. The van der Waals surface area contributed by atoms with Gasteiger partial charge in [0.2, 0.25) is 0 Å². The van der Waals surface area contributed by atoms with Gasteiger partial charge in [0, 0.05) is 12.7 Å². The van der Waals surface area contributed by atoms with Crippen LogP contribution >= 0.6 is 0 Å². The normalized spacial score (nSPS) is 9.94. The lowest BCUT2D eigenvalue weighted by Gasteiger charge is -2.14. The summed E-state index contributed by atoms with van der Waals surface area (Å²) in [5.41, 5.74) is 8.26. The van der Waals surface area contributed by atoms with Crippen LogP contribution in [-0.2, 0) is 0 Å². The highest BCUT2D eigenvalue weighted by Gasteiger charge is 2.05. The van der Waals surface area contributed by atoms with Crippen molar-refractivity contribution in [3.8, 4) is 11.1 Å². The Morgan fingerprint density at radius 2 is 1.47 bits per heavy atom. The molecule has 2 aromatic carbocycles. The lowest BCUT2D eigenvalue weighted by Crippen LogP contribution is -2.31. The van der Waals surface area contributed by atoms with Gasteiger partial charge in [-0.2, -0.15) is 0 Å². The minimum Gasteiger partial charge on any atom is -0.351 e. The van der Waals surface area contributed by atoms with Crippen LogP contribution in [-0.4, -0.2) is 13.1 Å². The number of anilines is 1. The Morgan fingerprint density at radius 1 is 0.941 bits per heavy atom. The third kappa shape index (κ3) is 2.45. The average Bonchev–Trinajstić information content (AvgIpc) is 2.39.